The number of amides is 1. The maximum absolute atomic E-state index is 13.9. The first kappa shape index (κ1) is 29.4. The van der Waals surface area contributed by atoms with Gasteiger partial charge in [0.25, 0.3) is 0 Å². The van der Waals surface area contributed by atoms with Crippen LogP contribution in [0.3, 0.4) is 0 Å². The topological polar surface area (TPSA) is 197 Å². The van der Waals surface area contributed by atoms with Crippen LogP contribution in [0.5, 0.6) is 5.75 Å². The SMILES string of the molecule is CN(C)C1C(O)C(C(N)=O)C(=O)[C@@]2(O)C(O)=C3C(=O)c4c(O)ccc(-c5ccc(CNCCC#N)cc5)c4C[C@H]3C[C@@H]12. The summed E-state index contributed by atoms with van der Waals surface area (Å²) >= 11 is 0. The largest absolute Gasteiger partial charge is 0.508 e. The smallest absolute Gasteiger partial charge is 0.230 e. The van der Waals surface area contributed by atoms with E-state index in [0.29, 0.717) is 25.1 Å². The monoisotopic (exact) mass is 574 g/mol. The zero-order chi connectivity index (χ0) is 30.5. The van der Waals surface area contributed by atoms with Crippen LogP contribution in [0.25, 0.3) is 11.1 Å². The maximum atomic E-state index is 13.9. The van der Waals surface area contributed by atoms with Crippen LogP contribution >= 0.6 is 0 Å². The maximum Gasteiger partial charge on any atom is 0.230 e. The van der Waals surface area contributed by atoms with Gasteiger partial charge in [-0.25, -0.2) is 0 Å². The third-order valence-corrected chi connectivity index (χ3v) is 8.98. The van der Waals surface area contributed by atoms with E-state index in [-0.39, 0.29) is 29.7 Å². The molecular weight excluding hydrogens is 540 g/mol. The second kappa shape index (κ2) is 11.0. The molecule has 0 bridgehead atoms. The number of benzene rings is 2. The molecule has 2 aromatic rings. The summed E-state index contributed by atoms with van der Waals surface area (Å²) in [6.07, 6.45) is -0.840. The van der Waals surface area contributed by atoms with Crippen molar-refractivity contribution in [2.24, 2.45) is 23.5 Å². The molecular formula is C31H34N4O7. The van der Waals surface area contributed by atoms with Gasteiger partial charge in [0.2, 0.25) is 5.91 Å². The number of nitrogens with two attached hydrogens (primary N) is 1. The Labute approximate surface area is 242 Å². The summed E-state index contributed by atoms with van der Waals surface area (Å²) in [7, 11) is 3.25. The van der Waals surface area contributed by atoms with Gasteiger partial charge in [0, 0.05) is 37.0 Å². The summed E-state index contributed by atoms with van der Waals surface area (Å²) in [5.74, 6) is -7.60. The molecule has 42 heavy (non-hydrogen) atoms. The number of primary amides is 1. The van der Waals surface area contributed by atoms with E-state index in [9.17, 15) is 34.8 Å². The molecule has 220 valence electrons. The molecule has 11 heteroatoms. The van der Waals surface area contributed by atoms with E-state index >= 15 is 0 Å². The summed E-state index contributed by atoms with van der Waals surface area (Å²) in [5, 5.41) is 56.9. The van der Waals surface area contributed by atoms with Crippen LogP contribution in [0.1, 0.15) is 34.3 Å². The van der Waals surface area contributed by atoms with Gasteiger partial charge in [-0.2, -0.15) is 5.26 Å². The minimum Gasteiger partial charge on any atom is -0.508 e. The van der Waals surface area contributed by atoms with E-state index in [4.69, 9.17) is 11.0 Å². The zero-order valence-corrected chi connectivity index (χ0v) is 23.4. The molecule has 0 radical (unpaired) electrons. The molecule has 0 heterocycles. The number of phenols is 1. The lowest BCUT2D eigenvalue weighted by atomic mass is 9.55. The molecule has 1 fully saturated rings. The van der Waals surface area contributed by atoms with E-state index in [1.54, 1.807) is 25.1 Å². The minimum atomic E-state index is -2.61. The van der Waals surface area contributed by atoms with Gasteiger partial charge in [0.05, 0.1) is 17.7 Å². The molecule has 0 aromatic heterocycles. The van der Waals surface area contributed by atoms with Crippen molar-refractivity contribution in [2.75, 3.05) is 20.6 Å². The normalized spacial score (nSPS) is 28.6. The Morgan fingerprint density at radius 3 is 2.48 bits per heavy atom. The van der Waals surface area contributed by atoms with Gasteiger partial charge < -0.3 is 36.4 Å². The number of aliphatic hydroxyl groups excluding tert-OH is 2. The van der Waals surface area contributed by atoms with Crippen molar-refractivity contribution < 1.29 is 34.8 Å². The number of phenolic OH excluding ortho intramolecular Hbond substituents is 1. The number of Topliss-reactive ketones (excluding diaryl/α,β-unsaturated/α-hetero) is 2. The Balaban J connectivity index is 1.58. The number of nitrogens with one attached hydrogen (secondary N) is 1. The van der Waals surface area contributed by atoms with E-state index in [1.165, 1.54) is 6.07 Å². The fourth-order valence-electron chi connectivity index (χ4n) is 7.06. The summed E-state index contributed by atoms with van der Waals surface area (Å²) in [6.45, 7) is 1.16. The lowest BCUT2D eigenvalue weighted by Gasteiger charge is -2.53. The predicted molar refractivity (Wildman–Crippen MR) is 151 cm³/mol. The molecule has 3 aliphatic carbocycles. The molecule has 7 N–H and O–H groups in total. The summed E-state index contributed by atoms with van der Waals surface area (Å²) < 4.78 is 0. The highest BCUT2D eigenvalue weighted by Crippen LogP contribution is 2.53. The second-order valence-electron chi connectivity index (χ2n) is 11.6. The Bertz CT molecular complexity index is 1530. The van der Waals surface area contributed by atoms with Crippen LogP contribution in [0, 0.1) is 29.1 Å². The van der Waals surface area contributed by atoms with E-state index < -0.39 is 58.7 Å². The number of likely N-dealkylation sites (N-methyl/N-ethyl adjacent to an activating group) is 1. The highest BCUT2D eigenvalue weighted by atomic mass is 16.3. The molecule has 1 saturated carbocycles. The molecule has 2 aromatic carbocycles. The van der Waals surface area contributed by atoms with Crippen molar-refractivity contribution in [2.45, 2.75) is 43.6 Å². The van der Waals surface area contributed by atoms with Crippen molar-refractivity contribution in [3.05, 3.63) is 64.4 Å². The minimum absolute atomic E-state index is 0.0199. The number of allylic oxidation sites excluding steroid dienone is 1. The molecule has 0 aliphatic heterocycles. The predicted octanol–water partition coefficient (Wildman–Crippen LogP) is 0.956. The van der Waals surface area contributed by atoms with Gasteiger partial charge in [-0.05, 0) is 61.2 Å². The molecule has 1 amide bonds. The number of nitrogens with zero attached hydrogens (tertiary/aromatic N) is 2. The number of rotatable bonds is 7. The second-order valence-corrected chi connectivity index (χ2v) is 11.6. The summed E-state index contributed by atoms with van der Waals surface area (Å²) in [4.78, 5) is 41.2. The summed E-state index contributed by atoms with van der Waals surface area (Å²) in [5.41, 5.74) is 5.73. The number of fused-ring (bicyclic) bond motifs is 3. The molecule has 6 atom stereocenters. The Hall–Kier alpha value is -4.08. The Morgan fingerprint density at radius 1 is 1.17 bits per heavy atom. The first-order valence-electron chi connectivity index (χ1n) is 13.8. The van der Waals surface area contributed by atoms with Gasteiger partial charge in [0.1, 0.15) is 17.4 Å². The van der Waals surface area contributed by atoms with Gasteiger partial charge in [-0.3, -0.25) is 14.4 Å². The number of aromatic hydroxyl groups is 1. The van der Waals surface area contributed by atoms with Crippen molar-refractivity contribution in [1.29, 1.82) is 5.26 Å². The number of hydrogen-bond donors (Lipinski definition) is 6. The summed E-state index contributed by atoms with van der Waals surface area (Å²) in [6, 6.07) is 12.0. The van der Waals surface area contributed by atoms with Crippen molar-refractivity contribution in [3.63, 3.8) is 0 Å². The standard InChI is InChI=1S/C31H34N4O7/c1-35(2)25-20-13-17-12-19-18(16-6-4-15(5-7-16)14-34-11-3-10-32)8-9-21(36)23(19)26(37)22(17)28(39)31(20,42)29(40)24(27(25)38)30(33)41/h4-9,17,20,24-25,27,34,36,38-39,42H,3,11-14H2,1-2H3,(H2,33,41)/t17-,20-,24?,25?,27?,31-/m0/s1. The van der Waals surface area contributed by atoms with Gasteiger partial charge in [-0.15, -0.1) is 0 Å². The van der Waals surface area contributed by atoms with Crippen molar-refractivity contribution >= 4 is 17.5 Å². The third kappa shape index (κ3) is 4.48. The number of carbonyl (C=O) groups excluding carboxylic acids is 3. The number of carbonyl (C=O) groups is 3. The lowest BCUT2D eigenvalue weighted by molar-refractivity contribution is -0.178. The highest BCUT2D eigenvalue weighted by molar-refractivity contribution is 6.16. The number of ketones is 2. The first-order valence-corrected chi connectivity index (χ1v) is 13.8. The Kier molecular flexibility index (Phi) is 7.68. The molecule has 5 rings (SSSR count). The van der Waals surface area contributed by atoms with Crippen LogP contribution in [-0.4, -0.2) is 81.2 Å². The molecule has 3 aliphatic rings. The molecule has 11 nitrogen and oxygen atoms in total. The van der Waals surface area contributed by atoms with Gasteiger partial charge in [-0.1, -0.05) is 30.3 Å². The van der Waals surface area contributed by atoms with Crippen LogP contribution in [0.15, 0.2) is 47.7 Å². The Morgan fingerprint density at radius 2 is 1.86 bits per heavy atom. The average Bonchev–Trinajstić information content (AvgIpc) is 2.93. The van der Waals surface area contributed by atoms with Crippen molar-refractivity contribution in [1.82, 2.24) is 10.2 Å². The number of hydrogen-bond acceptors (Lipinski definition) is 10. The van der Waals surface area contributed by atoms with Crippen LogP contribution in [0.4, 0.5) is 0 Å². The lowest BCUT2D eigenvalue weighted by Crippen LogP contribution is -2.71. The van der Waals surface area contributed by atoms with E-state index in [2.05, 4.69) is 11.4 Å². The van der Waals surface area contributed by atoms with Crippen molar-refractivity contribution in [3.8, 4) is 22.9 Å². The fourth-order valence-corrected chi connectivity index (χ4v) is 7.06. The van der Waals surface area contributed by atoms with E-state index in [0.717, 1.165) is 16.7 Å². The number of aliphatic hydroxyl groups is 3. The van der Waals surface area contributed by atoms with Gasteiger partial charge >= 0.3 is 0 Å². The first-order chi connectivity index (χ1) is 19.9. The molecule has 0 spiro atoms. The average molecular weight is 575 g/mol. The fraction of sp³-hybridized carbons (Fsp3) is 0.419. The van der Waals surface area contributed by atoms with E-state index in [1.807, 2.05) is 24.3 Å². The quantitative estimate of drug-likeness (QED) is 0.205. The van der Waals surface area contributed by atoms with Crippen LogP contribution < -0.4 is 11.1 Å². The number of nitriles is 1. The van der Waals surface area contributed by atoms with Crippen LogP contribution in [-0.2, 0) is 22.6 Å². The highest BCUT2D eigenvalue weighted by Gasteiger charge is 2.66. The van der Waals surface area contributed by atoms with Crippen LogP contribution in [0.2, 0.25) is 0 Å². The zero-order valence-electron chi connectivity index (χ0n) is 23.4. The molecule has 0 saturated heterocycles. The molecule has 3 unspecified atom stereocenters. The third-order valence-electron chi connectivity index (χ3n) is 8.98. The van der Waals surface area contributed by atoms with Gasteiger partial charge in [0.15, 0.2) is 17.2 Å².